The number of carbonyl (C=O) groups is 1. The molecular weight excluding hydrogens is 282 g/mol. The summed E-state index contributed by atoms with van der Waals surface area (Å²) in [6, 6.07) is 0.0117. The van der Waals surface area contributed by atoms with E-state index in [1.165, 1.54) is 0 Å². The van der Waals surface area contributed by atoms with Gasteiger partial charge >= 0.3 is 6.03 Å². The molecule has 2 rings (SSSR count). The van der Waals surface area contributed by atoms with Crippen molar-refractivity contribution in [3.63, 3.8) is 0 Å². The van der Waals surface area contributed by atoms with Gasteiger partial charge in [0.15, 0.2) is 0 Å². The number of nitrogens with zero attached hydrogens (tertiary/aromatic N) is 2. The normalized spacial score (nSPS) is 19.5. The van der Waals surface area contributed by atoms with Crippen LogP contribution in [-0.2, 0) is 4.74 Å². The summed E-state index contributed by atoms with van der Waals surface area (Å²) in [5.74, 6) is 1.49. The average Bonchev–Trinajstić information content (AvgIpc) is 3.09. The van der Waals surface area contributed by atoms with Crippen molar-refractivity contribution in [3.8, 4) is 0 Å². The maximum Gasteiger partial charge on any atom is 0.317 e. The van der Waals surface area contributed by atoms with E-state index in [2.05, 4.69) is 17.4 Å². The second kappa shape index (κ2) is 7.63. The highest BCUT2D eigenvalue weighted by molar-refractivity contribution is 5.74. The van der Waals surface area contributed by atoms with Crippen molar-refractivity contribution in [2.45, 2.75) is 40.0 Å². The molecule has 0 radical (unpaired) electrons. The van der Waals surface area contributed by atoms with E-state index >= 15 is 0 Å². The zero-order chi connectivity index (χ0) is 16.1. The first kappa shape index (κ1) is 16.8. The minimum Gasteiger partial charge on any atom is -0.381 e. The highest BCUT2D eigenvalue weighted by Crippen LogP contribution is 2.22. The highest BCUT2D eigenvalue weighted by Gasteiger charge is 2.26. The predicted octanol–water partition coefficient (Wildman–Crippen LogP) is 2.46. The number of nitrogens with one attached hydrogen (secondary N) is 1. The number of likely N-dealkylation sites (tertiary alicyclic amines) is 1. The van der Waals surface area contributed by atoms with Crippen LogP contribution in [-0.4, -0.2) is 48.9 Å². The second-order valence-electron chi connectivity index (χ2n) is 6.09. The van der Waals surface area contributed by atoms with Gasteiger partial charge in [-0.05, 0) is 27.2 Å². The van der Waals surface area contributed by atoms with Crippen molar-refractivity contribution in [2.75, 3.05) is 32.8 Å². The Morgan fingerprint density at radius 3 is 2.95 bits per heavy atom. The summed E-state index contributed by atoms with van der Waals surface area (Å²) in [6.07, 6.45) is 1.02. The number of aryl methyl sites for hydroxylation is 2. The van der Waals surface area contributed by atoms with E-state index in [0.717, 1.165) is 49.7 Å². The monoisotopic (exact) mass is 309 g/mol. The lowest BCUT2D eigenvalue weighted by molar-refractivity contribution is 0.113. The Bertz CT molecular complexity index is 481. The van der Waals surface area contributed by atoms with Gasteiger partial charge < -0.3 is 19.5 Å². The molecule has 1 saturated heterocycles. The van der Waals surface area contributed by atoms with Crippen LogP contribution in [0, 0.1) is 19.8 Å². The lowest BCUT2D eigenvalue weighted by Gasteiger charge is -2.19. The van der Waals surface area contributed by atoms with Gasteiger partial charge in [0.1, 0.15) is 5.76 Å². The van der Waals surface area contributed by atoms with Crippen LogP contribution in [0.5, 0.6) is 0 Å². The summed E-state index contributed by atoms with van der Waals surface area (Å²) < 4.78 is 10.6. The van der Waals surface area contributed by atoms with E-state index in [1.807, 2.05) is 25.7 Å². The number of aromatic nitrogens is 1. The standard InChI is InChI=1S/C16H27N3O3/c1-5-21-10-14-6-7-19(9-14)16(20)17-8-11(2)15-12(3)18-22-13(15)4/h11,14H,5-10H2,1-4H3,(H,17,20)/t11-,14-/m0/s1. The van der Waals surface area contributed by atoms with Gasteiger partial charge in [-0.15, -0.1) is 0 Å². The number of hydrogen-bond acceptors (Lipinski definition) is 4. The predicted molar refractivity (Wildman–Crippen MR) is 84.0 cm³/mol. The highest BCUT2D eigenvalue weighted by atomic mass is 16.5. The van der Waals surface area contributed by atoms with Crippen LogP contribution < -0.4 is 5.32 Å². The molecule has 2 heterocycles. The minimum atomic E-state index is 0.0117. The fourth-order valence-electron chi connectivity index (χ4n) is 3.09. The molecule has 2 atom stereocenters. The number of urea groups is 1. The molecule has 1 fully saturated rings. The smallest absolute Gasteiger partial charge is 0.317 e. The second-order valence-corrected chi connectivity index (χ2v) is 6.09. The molecule has 6 heteroatoms. The van der Waals surface area contributed by atoms with Crippen LogP contribution in [0.2, 0.25) is 0 Å². The van der Waals surface area contributed by atoms with Gasteiger partial charge in [-0.2, -0.15) is 0 Å². The van der Waals surface area contributed by atoms with Crippen LogP contribution in [0.4, 0.5) is 4.79 Å². The van der Waals surface area contributed by atoms with E-state index in [4.69, 9.17) is 9.26 Å². The van der Waals surface area contributed by atoms with Crippen LogP contribution in [0.3, 0.4) is 0 Å². The van der Waals surface area contributed by atoms with Crippen molar-refractivity contribution in [1.82, 2.24) is 15.4 Å². The maximum atomic E-state index is 12.2. The molecule has 0 aliphatic carbocycles. The summed E-state index contributed by atoms with van der Waals surface area (Å²) in [5, 5.41) is 6.99. The molecule has 0 saturated carbocycles. The fraction of sp³-hybridized carbons (Fsp3) is 0.750. The number of rotatable bonds is 6. The number of amides is 2. The summed E-state index contributed by atoms with van der Waals surface area (Å²) in [7, 11) is 0. The van der Waals surface area contributed by atoms with Gasteiger partial charge in [0, 0.05) is 43.6 Å². The van der Waals surface area contributed by atoms with Gasteiger partial charge in [0.05, 0.1) is 12.3 Å². The SMILES string of the molecule is CCOC[C@H]1CCN(C(=O)NC[C@H](C)c2c(C)noc2C)C1. The maximum absolute atomic E-state index is 12.2. The number of carbonyl (C=O) groups excluding carboxylic acids is 1. The summed E-state index contributed by atoms with van der Waals surface area (Å²) >= 11 is 0. The van der Waals surface area contributed by atoms with Gasteiger partial charge in [-0.1, -0.05) is 12.1 Å². The third kappa shape index (κ3) is 4.00. The molecule has 1 aliphatic rings. The Morgan fingerprint density at radius 2 is 2.32 bits per heavy atom. The summed E-state index contributed by atoms with van der Waals surface area (Å²) in [6.45, 7) is 11.6. The zero-order valence-corrected chi connectivity index (χ0v) is 14.0. The first-order chi connectivity index (χ1) is 10.5. The molecule has 6 nitrogen and oxygen atoms in total. The lowest BCUT2D eigenvalue weighted by atomic mass is 10.00. The molecule has 0 aromatic carbocycles. The van der Waals surface area contributed by atoms with Crippen molar-refractivity contribution in [3.05, 3.63) is 17.0 Å². The van der Waals surface area contributed by atoms with Gasteiger partial charge in [-0.3, -0.25) is 0 Å². The van der Waals surface area contributed by atoms with Crippen molar-refractivity contribution in [1.29, 1.82) is 0 Å². The quantitative estimate of drug-likeness (QED) is 0.876. The van der Waals surface area contributed by atoms with E-state index in [0.29, 0.717) is 12.5 Å². The Kier molecular flexibility index (Phi) is 5.83. The summed E-state index contributed by atoms with van der Waals surface area (Å²) in [5.41, 5.74) is 1.99. The van der Waals surface area contributed by atoms with E-state index in [1.54, 1.807) is 0 Å². The van der Waals surface area contributed by atoms with E-state index in [9.17, 15) is 4.79 Å². The van der Waals surface area contributed by atoms with Crippen molar-refractivity contribution < 1.29 is 14.1 Å². The summed E-state index contributed by atoms with van der Waals surface area (Å²) in [4.78, 5) is 14.1. The third-order valence-electron chi connectivity index (χ3n) is 4.27. The van der Waals surface area contributed by atoms with E-state index in [-0.39, 0.29) is 11.9 Å². The molecule has 0 unspecified atom stereocenters. The first-order valence-corrected chi connectivity index (χ1v) is 8.06. The van der Waals surface area contributed by atoms with E-state index < -0.39 is 0 Å². The molecule has 0 spiro atoms. The fourth-order valence-corrected chi connectivity index (χ4v) is 3.09. The van der Waals surface area contributed by atoms with Crippen LogP contribution in [0.25, 0.3) is 0 Å². The third-order valence-corrected chi connectivity index (χ3v) is 4.27. The van der Waals surface area contributed by atoms with Gasteiger partial charge in [0.2, 0.25) is 0 Å². The lowest BCUT2D eigenvalue weighted by Crippen LogP contribution is -2.40. The largest absolute Gasteiger partial charge is 0.381 e. The van der Waals surface area contributed by atoms with Crippen LogP contribution in [0.1, 0.15) is 43.2 Å². The number of ether oxygens (including phenoxy) is 1. The Morgan fingerprint density at radius 1 is 1.55 bits per heavy atom. The minimum absolute atomic E-state index is 0.0117. The molecule has 124 valence electrons. The topological polar surface area (TPSA) is 67.6 Å². The molecule has 2 amide bonds. The molecule has 1 aromatic heterocycles. The molecular formula is C16H27N3O3. The van der Waals surface area contributed by atoms with Crippen molar-refractivity contribution in [2.24, 2.45) is 5.92 Å². The van der Waals surface area contributed by atoms with Gasteiger partial charge in [0.25, 0.3) is 0 Å². The Labute approximate surface area is 132 Å². The zero-order valence-electron chi connectivity index (χ0n) is 14.0. The van der Waals surface area contributed by atoms with Gasteiger partial charge in [-0.25, -0.2) is 4.79 Å². The molecule has 22 heavy (non-hydrogen) atoms. The van der Waals surface area contributed by atoms with Crippen LogP contribution >= 0.6 is 0 Å². The van der Waals surface area contributed by atoms with Crippen molar-refractivity contribution >= 4 is 6.03 Å². The van der Waals surface area contributed by atoms with Crippen LogP contribution in [0.15, 0.2) is 4.52 Å². The molecule has 1 N–H and O–H groups in total. The Hall–Kier alpha value is -1.56. The average molecular weight is 309 g/mol. The molecule has 1 aliphatic heterocycles. The number of hydrogen-bond donors (Lipinski definition) is 1. The molecule has 1 aromatic rings. The molecule has 0 bridgehead atoms. The Balaban J connectivity index is 1.78. The first-order valence-electron chi connectivity index (χ1n) is 8.06.